The van der Waals surface area contributed by atoms with Gasteiger partial charge in [-0.15, -0.1) is 0 Å². The molecule has 2 N–H and O–H groups in total. The highest BCUT2D eigenvalue weighted by atomic mass is 16.4. The monoisotopic (exact) mass is 266 g/mol. The predicted molar refractivity (Wildman–Crippen MR) is 80.0 cm³/mol. The van der Waals surface area contributed by atoms with Crippen molar-refractivity contribution in [1.82, 2.24) is 4.98 Å². The lowest BCUT2D eigenvalue weighted by Gasteiger charge is -2.13. The number of aromatic nitrogens is 1. The van der Waals surface area contributed by atoms with Crippen LogP contribution in [-0.2, 0) is 4.79 Å². The van der Waals surface area contributed by atoms with Crippen molar-refractivity contribution in [2.45, 2.75) is 13.0 Å². The van der Waals surface area contributed by atoms with E-state index in [0.29, 0.717) is 0 Å². The largest absolute Gasteiger partial charge is 0.480 e. The molecule has 1 aromatic heterocycles. The van der Waals surface area contributed by atoms with Crippen LogP contribution in [0.5, 0.6) is 0 Å². The van der Waals surface area contributed by atoms with Gasteiger partial charge in [0.15, 0.2) is 0 Å². The molecule has 0 aliphatic heterocycles. The van der Waals surface area contributed by atoms with Crippen LogP contribution in [0, 0.1) is 0 Å². The van der Waals surface area contributed by atoms with Gasteiger partial charge in [-0.05, 0) is 31.2 Å². The summed E-state index contributed by atoms with van der Waals surface area (Å²) in [5, 5.41) is 14.0. The normalized spacial score (nSPS) is 12.4. The molecule has 4 nitrogen and oxygen atoms in total. The van der Waals surface area contributed by atoms with Crippen molar-refractivity contribution < 1.29 is 9.90 Å². The third-order valence-corrected chi connectivity index (χ3v) is 3.30. The molecular weight excluding hydrogens is 252 g/mol. The number of pyridine rings is 1. The molecule has 3 rings (SSSR count). The SMILES string of the molecule is C[C@H](Nc1cccc2nc3ccccc3cc12)C(=O)O. The molecule has 3 aromatic rings. The third-order valence-electron chi connectivity index (χ3n) is 3.30. The first-order valence-electron chi connectivity index (χ1n) is 6.43. The van der Waals surface area contributed by atoms with E-state index < -0.39 is 12.0 Å². The summed E-state index contributed by atoms with van der Waals surface area (Å²) in [4.78, 5) is 15.6. The smallest absolute Gasteiger partial charge is 0.325 e. The van der Waals surface area contributed by atoms with Gasteiger partial charge in [-0.2, -0.15) is 0 Å². The van der Waals surface area contributed by atoms with E-state index in [1.165, 1.54) is 0 Å². The summed E-state index contributed by atoms with van der Waals surface area (Å²) in [6, 6.07) is 15.0. The Morgan fingerprint density at radius 2 is 1.90 bits per heavy atom. The standard InChI is InChI=1S/C16H14N2O2/c1-10(16(19)20)17-14-7-4-8-15-12(14)9-11-5-2-3-6-13(11)18-15/h2-10,17H,1H3,(H,19,20)/t10-/m0/s1. The molecule has 0 aliphatic carbocycles. The number of rotatable bonds is 3. The van der Waals surface area contributed by atoms with Crippen LogP contribution in [0.2, 0.25) is 0 Å². The predicted octanol–water partition coefficient (Wildman–Crippen LogP) is 3.27. The van der Waals surface area contributed by atoms with Crippen molar-refractivity contribution in [1.29, 1.82) is 0 Å². The van der Waals surface area contributed by atoms with E-state index in [1.807, 2.05) is 48.5 Å². The first-order chi connectivity index (χ1) is 9.65. The summed E-state index contributed by atoms with van der Waals surface area (Å²) < 4.78 is 0. The average Bonchev–Trinajstić information content (AvgIpc) is 2.45. The van der Waals surface area contributed by atoms with Crippen LogP contribution in [-0.4, -0.2) is 22.1 Å². The number of carboxylic acid groups (broad SMARTS) is 1. The molecule has 0 aliphatic rings. The van der Waals surface area contributed by atoms with E-state index in [4.69, 9.17) is 5.11 Å². The quantitative estimate of drug-likeness (QED) is 0.714. The number of aliphatic carboxylic acids is 1. The number of benzene rings is 2. The molecule has 1 atom stereocenters. The summed E-state index contributed by atoms with van der Waals surface area (Å²) in [6.45, 7) is 1.62. The minimum atomic E-state index is -0.879. The molecule has 0 fully saturated rings. The molecule has 0 bridgehead atoms. The first-order valence-corrected chi connectivity index (χ1v) is 6.43. The fourth-order valence-electron chi connectivity index (χ4n) is 2.22. The molecule has 4 heteroatoms. The van der Waals surface area contributed by atoms with E-state index >= 15 is 0 Å². The van der Waals surface area contributed by atoms with Gasteiger partial charge >= 0.3 is 5.97 Å². The average molecular weight is 266 g/mol. The van der Waals surface area contributed by atoms with Crippen molar-refractivity contribution in [3.63, 3.8) is 0 Å². The van der Waals surface area contributed by atoms with Crippen molar-refractivity contribution >= 4 is 33.5 Å². The first kappa shape index (κ1) is 12.4. The fourth-order valence-corrected chi connectivity index (χ4v) is 2.22. The number of anilines is 1. The Kier molecular flexibility index (Phi) is 2.99. The van der Waals surface area contributed by atoms with Gasteiger partial charge < -0.3 is 10.4 Å². The molecule has 1 heterocycles. The molecule has 0 saturated carbocycles. The third kappa shape index (κ3) is 2.16. The molecule has 0 amide bonds. The summed E-state index contributed by atoms with van der Waals surface area (Å²) in [5.74, 6) is -0.879. The topological polar surface area (TPSA) is 62.2 Å². The Morgan fingerprint density at radius 3 is 2.70 bits per heavy atom. The van der Waals surface area contributed by atoms with E-state index in [2.05, 4.69) is 10.3 Å². The maximum Gasteiger partial charge on any atom is 0.325 e. The van der Waals surface area contributed by atoms with Crippen molar-refractivity contribution in [3.05, 3.63) is 48.5 Å². The number of hydrogen-bond acceptors (Lipinski definition) is 3. The molecule has 0 unspecified atom stereocenters. The molecular formula is C16H14N2O2. The molecule has 100 valence electrons. The highest BCUT2D eigenvalue weighted by molar-refractivity contribution is 6.00. The van der Waals surface area contributed by atoms with Gasteiger partial charge in [0, 0.05) is 16.5 Å². The summed E-state index contributed by atoms with van der Waals surface area (Å²) >= 11 is 0. The molecule has 0 saturated heterocycles. The van der Waals surface area contributed by atoms with Crippen LogP contribution in [0.15, 0.2) is 48.5 Å². The Labute approximate surface area is 116 Å². The Bertz CT molecular complexity index is 799. The lowest BCUT2D eigenvalue weighted by Crippen LogP contribution is -2.25. The van der Waals surface area contributed by atoms with E-state index in [9.17, 15) is 4.79 Å². The number of para-hydroxylation sites is 1. The van der Waals surface area contributed by atoms with E-state index in [1.54, 1.807) is 6.92 Å². The number of carbonyl (C=O) groups is 1. The van der Waals surface area contributed by atoms with Crippen LogP contribution in [0.25, 0.3) is 21.8 Å². The number of fused-ring (bicyclic) bond motifs is 2. The minimum absolute atomic E-state index is 0.646. The molecule has 20 heavy (non-hydrogen) atoms. The van der Waals surface area contributed by atoms with Gasteiger partial charge in [0.05, 0.1) is 11.0 Å². The van der Waals surface area contributed by atoms with Gasteiger partial charge in [0.25, 0.3) is 0 Å². The molecule has 2 aromatic carbocycles. The summed E-state index contributed by atoms with van der Waals surface area (Å²) in [6.07, 6.45) is 0. The highest BCUT2D eigenvalue weighted by Gasteiger charge is 2.12. The number of nitrogens with zero attached hydrogens (tertiary/aromatic N) is 1. The van der Waals surface area contributed by atoms with Crippen molar-refractivity contribution in [3.8, 4) is 0 Å². The Hall–Kier alpha value is -2.62. The number of hydrogen-bond donors (Lipinski definition) is 2. The lowest BCUT2D eigenvalue weighted by atomic mass is 10.1. The minimum Gasteiger partial charge on any atom is -0.480 e. The number of carboxylic acids is 1. The van der Waals surface area contributed by atoms with Crippen LogP contribution < -0.4 is 5.32 Å². The van der Waals surface area contributed by atoms with E-state index in [0.717, 1.165) is 27.5 Å². The molecule has 0 spiro atoms. The fraction of sp³-hybridized carbons (Fsp3) is 0.125. The number of nitrogens with one attached hydrogen (secondary N) is 1. The van der Waals surface area contributed by atoms with Crippen molar-refractivity contribution in [2.24, 2.45) is 0 Å². The van der Waals surface area contributed by atoms with E-state index in [-0.39, 0.29) is 0 Å². The van der Waals surface area contributed by atoms with Gasteiger partial charge in [0.2, 0.25) is 0 Å². The van der Waals surface area contributed by atoms with Gasteiger partial charge in [-0.25, -0.2) is 4.98 Å². The zero-order valence-electron chi connectivity index (χ0n) is 11.0. The van der Waals surface area contributed by atoms with Crippen molar-refractivity contribution in [2.75, 3.05) is 5.32 Å². The summed E-state index contributed by atoms with van der Waals surface area (Å²) in [5.41, 5.74) is 2.57. The highest BCUT2D eigenvalue weighted by Crippen LogP contribution is 2.26. The Morgan fingerprint density at radius 1 is 1.15 bits per heavy atom. The second-order valence-corrected chi connectivity index (χ2v) is 4.76. The van der Waals surface area contributed by atoms with Gasteiger partial charge in [-0.1, -0.05) is 24.3 Å². The van der Waals surface area contributed by atoms with Crippen LogP contribution >= 0.6 is 0 Å². The second-order valence-electron chi connectivity index (χ2n) is 4.76. The van der Waals surface area contributed by atoms with Crippen LogP contribution in [0.1, 0.15) is 6.92 Å². The zero-order valence-corrected chi connectivity index (χ0v) is 11.0. The van der Waals surface area contributed by atoms with Crippen LogP contribution in [0.3, 0.4) is 0 Å². The van der Waals surface area contributed by atoms with Gasteiger partial charge in [-0.3, -0.25) is 4.79 Å². The second kappa shape index (κ2) is 4.81. The Balaban J connectivity index is 2.17. The maximum atomic E-state index is 11.0. The van der Waals surface area contributed by atoms with Gasteiger partial charge in [0.1, 0.15) is 6.04 Å². The van der Waals surface area contributed by atoms with Crippen LogP contribution in [0.4, 0.5) is 5.69 Å². The zero-order chi connectivity index (χ0) is 14.1. The maximum absolute atomic E-state index is 11.0. The molecule has 0 radical (unpaired) electrons. The summed E-state index contributed by atoms with van der Waals surface area (Å²) in [7, 11) is 0. The lowest BCUT2D eigenvalue weighted by molar-refractivity contribution is -0.137.